The second-order valence-corrected chi connectivity index (χ2v) is 7.80. The van der Waals surface area contributed by atoms with E-state index in [4.69, 9.17) is 4.74 Å². The van der Waals surface area contributed by atoms with E-state index in [9.17, 15) is 10.2 Å². The molecule has 0 saturated heterocycles. The van der Waals surface area contributed by atoms with Crippen LogP contribution in [0.2, 0.25) is 0 Å². The largest absolute Gasteiger partial charge is 0.508 e. The van der Waals surface area contributed by atoms with Crippen LogP contribution in [0.25, 0.3) is 0 Å². The monoisotopic (exact) mass is 412 g/mol. The number of phenols is 2. The average molecular weight is 413 g/mol. The Morgan fingerprint density at radius 1 is 0.935 bits per heavy atom. The van der Waals surface area contributed by atoms with Crippen molar-refractivity contribution in [3.05, 3.63) is 107 Å². The summed E-state index contributed by atoms with van der Waals surface area (Å²) in [5, 5.41) is 20.4. The van der Waals surface area contributed by atoms with Crippen molar-refractivity contribution in [3.63, 3.8) is 0 Å². The molecule has 0 atom stereocenters. The first-order valence-corrected chi connectivity index (χ1v) is 10.8. The summed E-state index contributed by atoms with van der Waals surface area (Å²) in [4.78, 5) is 0. The predicted molar refractivity (Wildman–Crippen MR) is 126 cm³/mol. The summed E-state index contributed by atoms with van der Waals surface area (Å²) in [5.74, 6) is 1.44. The minimum atomic E-state index is -0.641. The molecule has 4 rings (SSSR count). The molecule has 2 aromatic carbocycles. The Hall–Kier alpha value is -3.46. The molecule has 2 N–H and O–H groups in total. The van der Waals surface area contributed by atoms with E-state index in [0.717, 1.165) is 35.1 Å². The number of ether oxygens (including phenoxy) is 1. The molecule has 31 heavy (non-hydrogen) atoms. The van der Waals surface area contributed by atoms with Crippen LogP contribution in [0.5, 0.6) is 23.0 Å². The van der Waals surface area contributed by atoms with Crippen LogP contribution in [-0.2, 0) is 5.41 Å². The van der Waals surface area contributed by atoms with Gasteiger partial charge in [-0.15, -0.1) is 0 Å². The molecular weight excluding hydrogens is 384 g/mol. The molecule has 1 spiro atoms. The Morgan fingerprint density at radius 2 is 1.55 bits per heavy atom. The summed E-state index contributed by atoms with van der Waals surface area (Å²) in [6.07, 6.45) is 12.3. The highest BCUT2D eigenvalue weighted by molar-refractivity contribution is 5.79. The van der Waals surface area contributed by atoms with Gasteiger partial charge in [0.05, 0.1) is 5.41 Å². The molecule has 2 aromatic rings. The lowest BCUT2D eigenvalue weighted by molar-refractivity contribution is 0.416. The molecule has 0 aromatic heterocycles. The van der Waals surface area contributed by atoms with Gasteiger partial charge in [0, 0.05) is 23.3 Å². The first-order chi connectivity index (χ1) is 15.0. The summed E-state index contributed by atoms with van der Waals surface area (Å²) in [5.41, 5.74) is 5.97. The highest BCUT2D eigenvalue weighted by atomic mass is 16.5. The fourth-order valence-electron chi connectivity index (χ4n) is 5.00. The number of allylic oxidation sites excluding steroid dienone is 9. The molecule has 0 amide bonds. The van der Waals surface area contributed by atoms with Gasteiger partial charge in [0.1, 0.15) is 23.0 Å². The smallest absolute Gasteiger partial charge is 0.135 e. The van der Waals surface area contributed by atoms with Crippen LogP contribution in [-0.4, -0.2) is 10.2 Å². The molecule has 3 heteroatoms. The maximum atomic E-state index is 10.2. The first-order valence-electron chi connectivity index (χ1n) is 10.8. The molecule has 3 nitrogen and oxygen atoms in total. The minimum Gasteiger partial charge on any atom is -0.508 e. The van der Waals surface area contributed by atoms with Gasteiger partial charge in [-0.05, 0) is 54.2 Å². The maximum Gasteiger partial charge on any atom is 0.135 e. The second-order valence-electron chi connectivity index (χ2n) is 7.80. The van der Waals surface area contributed by atoms with E-state index < -0.39 is 5.41 Å². The van der Waals surface area contributed by atoms with Crippen molar-refractivity contribution in [1.29, 1.82) is 0 Å². The van der Waals surface area contributed by atoms with Gasteiger partial charge in [0.2, 0.25) is 0 Å². The Kier molecular flexibility index (Phi) is 5.36. The summed E-state index contributed by atoms with van der Waals surface area (Å²) in [6, 6.07) is 10.6. The number of hydrogen-bond acceptors (Lipinski definition) is 3. The third-order valence-electron chi connectivity index (χ3n) is 6.12. The number of phenolic OH excluding ortho intramolecular Hbond substituents is 2. The number of aromatic hydroxyl groups is 2. The molecule has 1 aliphatic carbocycles. The van der Waals surface area contributed by atoms with Gasteiger partial charge >= 0.3 is 0 Å². The van der Waals surface area contributed by atoms with Crippen LogP contribution in [0.1, 0.15) is 44.7 Å². The zero-order valence-electron chi connectivity index (χ0n) is 18.3. The molecule has 0 unspecified atom stereocenters. The fourth-order valence-corrected chi connectivity index (χ4v) is 5.00. The van der Waals surface area contributed by atoms with Gasteiger partial charge in [-0.25, -0.2) is 0 Å². The van der Waals surface area contributed by atoms with Gasteiger partial charge < -0.3 is 14.9 Å². The van der Waals surface area contributed by atoms with Crippen molar-refractivity contribution < 1.29 is 14.9 Å². The quantitative estimate of drug-likeness (QED) is 0.544. The van der Waals surface area contributed by atoms with Gasteiger partial charge in [-0.3, -0.25) is 0 Å². The zero-order chi connectivity index (χ0) is 22.2. The molecule has 0 fully saturated rings. The SMILES string of the molecule is C=CC1=C(/C=C\C)C(CC)=C(/C=C\CC)C12c1ccc(O)cc1Oc1cc(O)ccc12. The van der Waals surface area contributed by atoms with Crippen molar-refractivity contribution in [2.45, 2.75) is 39.0 Å². The maximum absolute atomic E-state index is 10.2. The van der Waals surface area contributed by atoms with E-state index in [1.807, 2.05) is 25.1 Å². The van der Waals surface area contributed by atoms with Crippen molar-refractivity contribution >= 4 is 0 Å². The number of fused-ring (bicyclic) bond motifs is 4. The summed E-state index contributed by atoms with van der Waals surface area (Å²) >= 11 is 0. The van der Waals surface area contributed by atoms with Crippen LogP contribution in [0.4, 0.5) is 0 Å². The molecule has 2 aliphatic rings. The molecule has 1 heterocycles. The van der Waals surface area contributed by atoms with Crippen LogP contribution in [0.15, 0.2) is 95.6 Å². The third-order valence-corrected chi connectivity index (χ3v) is 6.12. The van der Waals surface area contributed by atoms with Gasteiger partial charge in [-0.1, -0.05) is 62.9 Å². The Balaban J connectivity index is 2.23. The van der Waals surface area contributed by atoms with E-state index in [-0.39, 0.29) is 11.5 Å². The topological polar surface area (TPSA) is 49.7 Å². The Morgan fingerprint density at radius 3 is 2.03 bits per heavy atom. The molecular formula is C28H28O3. The molecule has 1 aliphatic heterocycles. The number of hydrogen-bond donors (Lipinski definition) is 2. The van der Waals surface area contributed by atoms with Gasteiger partial charge in [0.15, 0.2) is 0 Å². The molecule has 0 radical (unpaired) electrons. The first kappa shape index (κ1) is 20.8. The van der Waals surface area contributed by atoms with Crippen molar-refractivity contribution in [1.82, 2.24) is 0 Å². The highest BCUT2D eigenvalue weighted by Gasteiger charge is 2.51. The van der Waals surface area contributed by atoms with Crippen LogP contribution in [0, 0.1) is 0 Å². The lowest BCUT2D eigenvalue weighted by Crippen LogP contribution is -2.33. The lowest BCUT2D eigenvalue weighted by Gasteiger charge is -2.41. The second kappa shape index (κ2) is 7.99. The van der Waals surface area contributed by atoms with E-state index in [1.165, 1.54) is 11.1 Å². The Bertz CT molecular complexity index is 1120. The van der Waals surface area contributed by atoms with Crippen LogP contribution < -0.4 is 4.74 Å². The Labute approximate surface area is 184 Å². The molecule has 158 valence electrons. The van der Waals surface area contributed by atoms with E-state index in [2.05, 4.69) is 44.7 Å². The van der Waals surface area contributed by atoms with Crippen molar-refractivity contribution in [3.8, 4) is 23.0 Å². The summed E-state index contributed by atoms with van der Waals surface area (Å²) in [7, 11) is 0. The standard InChI is InChI=1S/C28H28O3/c1-5-9-11-23-20(7-3)21(10-6-2)22(8-4)28(23)24-14-12-18(29)16-26(24)31-27-17-19(30)13-15-25(27)28/h6,8-17,29-30H,4-5,7H2,1-3H3/b10-6-,11-9-. The molecule has 0 saturated carbocycles. The number of rotatable bonds is 5. The van der Waals surface area contributed by atoms with Gasteiger partial charge in [0.25, 0.3) is 0 Å². The van der Waals surface area contributed by atoms with E-state index in [0.29, 0.717) is 11.5 Å². The highest BCUT2D eigenvalue weighted by Crippen LogP contribution is 2.62. The third kappa shape index (κ3) is 2.96. The summed E-state index contributed by atoms with van der Waals surface area (Å²) in [6.45, 7) is 10.5. The van der Waals surface area contributed by atoms with E-state index in [1.54, 1.807) is 24.3 Å². The van der Waals surface area contributed by atoms with E-state index >= 15 is 0 Å². The van der Waals surface area contributed by atoms with Crippen LogP contribution in [0.3, 0.4) is 0 Å². The van der Waals surface area contributed by atoms with Crippen molar-refractivity contribution in [2.24, 2.45) is 0 Å². The normalized spacial score (nSPS) is 16.9. The minimum absolute atomic E-state index is 0.138. The van der Waals surface area contributed by atoms with Crippen LogP contribution >= 0.6 is 0 Å². The fraction of sp³-hybridized carbons (Fsp3) is 0.214. The molecule has 0 bridgehead atoms. The average Bonchev–Trinajstić information content (AvgIpc) is 3.01. The number of benzene rings is 2. The zero-order valence-corrected chi connectivity index (χ0v) is 18.3. The van der Waals surface area contributed by atoms with Gasteiger partial charge in [-0.2, -0.15) is 0 Å². The predicted octanol–water partition coefficient (Wildman–Crippen LogP) is 7.23. The van der Waals surface area contributed by atoms with Crippen molar-refractivity contribution in [2.75, 3.05) is 0 Å². The lowest BCUT2D eigenvalue weighted by atomic mass is 9.64. The summed E-state index contributed by atoms with van der Waals surface area (Å²) < 4.78 is 6.19.